The van der Waals surface area contributed by atoms with Gasteiger partial charge in [-0.1, -0.05) is 12.5 Å². The SMILES string of the molecule is FC(F)(F)c1cc(Nc2nc(NC3C4CCCC43)nc(-c3cccc(C(F)(F)F)n3)n2)ccn1. The molecule has 3 heterocycles. The molecule has 2 N–H and O–H groups in total. The molecule has 0 saturated heterocycles. The zero-order chi connectivity index (χ0) is 24.1. The van der Waals surface area contributed by atoms with Gasteiger partial charge < -0.3 is 10.6 Å². The van der Waals surface area contributed by atoms with Crippen molar-refractivity contribution in [1.29, 1.82) is 0 Å². The molecule has 0 aliphatic heterocycles. The fourth-order valence-corrected chi connectivity index (χ4v) is 4.31. The highest BCUT2D eigenvalue weighted by molar-refractivity contribution is 5.59. The Labute approximate surface area is 189 Å². The van der Waals surface area contributed by atoms with Crippen LogP contribution in [0.2, 0.25) is 0 Å². The van der Waals surface area contributed by atoms with Crippen molar-refractivity contribution in [2.24, 2.45) is 11.8 Å². The van der Waals surface area contributed by atoms with Crippen LogP contribution in [-0.4, -0.2) is 31.0 Å². The Balaban J connectivity index is 1.49. The lowest BCUT2D eigenvalue weighted by atomic mass is 10.2. The van der Waals surface area contributed by atoms with E-state index in [1.165, 1.54) is 18.2 Å². The van der Waals surface area contributed by atoms with Crippen LogP contribution in [0, 0.1) is 11.8 Å². The highest BCUT2D eigenvalue weighted by Gasteiger charge is 2.53. The number of nitrogens with zero attached hydrogens (tertiary/aromatic N) is 5. The number of fused-ring (bicyclic) bond motifs is 1. The van der Waals surface area contributed by atoms with Gasteiger partial charge in [-0.2, -0.15) is 41.3 Å². The predicted molar refractivity (Wildman–Crippen MR) is 109 cm³/mol. The second-order valence-electron chi connectivity index (χ2n) is 8.19. The maximum atomic E-state index is 13.1. The Morgan fingerprint density at radius 3 is 2.21 bits per heavy atom. The normalized spacial score (nSPS) is 21.8. The smallest absolute Gasteiger partial charge is 0.351 e. The average molecular weight is 481 g/mol. The lowest BCUT2D eigenvalue weighted by molar-refractivity contribution is -0.141. The van der Waals surface area contributed by atoms with Gasteiger partial charge in [0, 0.05) is 17.9 Å². The highest BCUT2D eigenvalue weighted by atomic mass is 19.4. The van der Waals surface area contributed by atoms with Gasteiger partial charge in [0.25, 0.3) is 0 Å². The van der Waals surface area contributed by atoms with Gasteiger partial charge in [-0.15, -0.1) is 0 Å². The Kier molecular flexibility index (Phi) is 5.29. The summed E-state index contributed by atoms with van der Waals surface area (Å²) in [6.07, 6.45) is -5.07. The van der Waals surface area contributed by atoms with Crippen molar-refractivity contribution >= 4 is 17.6 Å². The summed E-state index contributed by atoms with van der Waals surface area (Å²) in [6, 6.07) is 5.54. The lowest BCUT2D eigenvalue weighted by Gasteiger charge is -2.13. The van der Waals surface area contributed by atoms with Crippen molar-refractivity contribution in [2.45, 2.75) is 37.7 Å². The van der Waals surface area contributed by atoms with Gasteiger partial charge in [0.2, 0.25) is 11.9 Å². The van der Waals surface area contributed by atoms with Crippen LogP contribution in [0.4, 0.5) is 43.9 Å². The molecule has 34 heavy (non-hydrogen) atoms. The molecular weight excluding hydrogens is 464 g/mol. The molecule has 2 aliphatic carbocycles. The first-order valence-corrected chi connectivity index (χ1v) is 10.5. The third-order valence-electron chi connectivity index (χ3n) is 5.91. The summed E-state index contributed by atoms with van der Waals surface area (Å²) in [4.78, 5) is 19.5. The molecule has 0 bridgehead atoms. The van der Waals surface area contributed by atoms with E-state index in [2.05, 4.69) is 35.6 Å². The van der Waals surface area contributed by atoms with Gasteiger partial charge in [-0.3, -0.25) is 4.98 Å². The summed E-state index contributed by atoms with van der Waals surface area (Å²) in [5.41, 5.74) is -2.37. The van der Waals surface area contributed by atoms with E-state index in [1.807, 2.05) is 0 Å². The van der Waals surface area contributed by atoms with Crippen LogP contribution in [-0.2, 0) is 12.4 Å². The Morgan fingerprint density at radius 2 is 1.50 bits per heavy atom. The van der Waals surface area contributed by atoms with E-state index in [-0.39, 0.29) is 35.1 Å². The fraction of sp³-hybridized carbons (Fsp3) is 0.381. The number of anilines is 3. The Bertz CT molecular complexity index is 1200. The van der Waals surface area contributed by atoms with Gasteiger partial charge in [0.15, 0.2) is 5.82 Å². The van der Waals surface area contributed by atoms with Gasteiger partial charge in [-0.05, 0) is 48.9 Å². The lowest BCUT2D eigenvalue weighted by Crippen LogP contribution is -2.14. The summed E-state index contributed by atoms with van der Waals surface area (Å²) >= 11 is 0. The molecule has 178 valence electrons. The van der Waals surface area contributed by atoms with Crippen molar-refractivity contribution in [3.8, 4) is 11.5 Å². The zero-order valence-corrected chi connectivity index (χ0v) is 17.3. The Morgan fingerprint density at radius 1 is 0.794 bits per heavy atom. The molecule has 0 spiro atoms. The molecule has 7 nitrogen and oxygen atoms in total. The number of halogens is 6. The summed E-state index contributed by atoms with van der Waals surface area (Å²) < 4.78 is 78.4. The topological polar surface area (TPSA) is 88.5 Å². The molecule has 2 atom stereocenters. The minimum atomic E-state index is -4.66. The quantitative estimate of drug-likeness (QED) is 0.477. The van der Waals surface area contributed by atoms with Crippen molar-refractivity contribution in [2.75, 3.05) is 10.6 Å². The third-order valence-corrected chi connectivity index (χ3v) is 5.91. The van der Waals surface area contributed by atoms with Crippen molar-refractivity contribution in [3.63, 3.8) is 0 Å². The van der Waals surface area contributed by atoms with E-state index in [1.54, 1.807) is 0 Å². The highest BCUT2D eigenvalue weighted by Crippen LogP contribution is 2.53. The van der Waals surface area contributed by atoms with Crippen LogP contribution in [0.15, 0.2) is 36.5 Å². The summed E-state index contributed by atoms with van der Waals surface area (Å²) in [5.74, 6) is 0.783. The standard InChI is InChI=1S/C21H17F6N7/c22-20(23,24)14-6-2-5-13(30-14)17-32-18(29-10-7-8-28-15(9-10)21(25,26)27)34-19(33-17)31-16-11-3-1-4-12(11)16/h2,5-9,11-12,16H,1,3-4H2,(H2,28,29,31,32,33,34). The Hall–Kier alpha value is -3.51. The van der Waals surface area contributed by atoms with E-state index in [0.29, 0.717) is 11.8 Å². The second-order valence-corrected chi connectivity index (χ2v) is 8.19. The monoisotopic (exact) mass is 481 g/mol. The minimum Gasteiger partial charge on any atom is -0.351 e. The summed E-state index contributed by atoms with van der Waals surface area (Å²) in [5, 5.41) is 5.85. The van der Waals surface area contributed by atoms with Crippen LogP contribution in [0.3, 0.4) is 0 Å². The molecular formula is C21H17F6N7. The molecule has 5 rings (SSSR count). The van der Waals surface area contributed by atoms with E-state index in [9.17, 15) is 26.3 Å². The maximum Gasteiger partial charge on any atom is 0.433 e. The molecule has 3 aromatic rings. The number of nitrogens with one attached hydrogen (secondary N) is 2. The molecule has 13 heteroatoms. The molecule has 2 aliphatic rings. The third kappa shape index (κ3) is 4.59. The van der Waals surface area contributed by atoms with E-state index in [0.717, 1.165) is 37.6 Å². The number of aromatic nitrogens is 5. The van der Waals surface area contributed by atoms with E-state index in [4.69, 9.17) is 0 Å². The molecule has 0 radical (unpaired) electrons. The van der Waals surface area contributed by atoms with Gasteiger partial charge >= 0.3 is 12.4 Å². The van der Waals surface area contributed by atoms with Crippen molar-refractivity contribution < 1.29 is 26.3 Å². The number of hydrogen-bond donors (Lipinski definition) is 2. The zero-order valence-electron chi connectivity index (χ0n) is 17.3. The van der Waals surface area contributed by atoms with E-state index < -0.39 is 23.7 Å². The van der Waals surface area contributed by atoms with Crippen molar-refractivity contribution in [3.05, 3.63) is 47.9 Å². The number of rotatable bonds is 5. The number of alkyl halides is 6. The van der Waals surface area contributed by atoms with Gasteiger partial charge in [0.05, 0.1) is 0 Å². The molecule has 3 aromatic heterocycles. The summed E-state index contributed by atoms with van der Waals surface area (Å²) in [6.45, 7) is 0. The second kappa shape index (κ2) is 8.06. The fourth-order valence-electron chi connectivity index (χ4n) is 4.31. The minimum absolute atomic E-state index is 0.00529. The molecule has 2 fully saturated rings. The van der Waals surface area contributed by atoms with E-state index >= 15 is 0 Å². The van der Waals surface area contributed by atoms with Gasteiger partial charge in [-0.25, -0.2) is 4.98 Å². The van der Waals surface area contributed by atoms with Crippen LogP contribution in [0.5, 0.6) is 0 Å². The predicted octanol–water partition coefficient (Wildman–Crippen LogP) is 5.32. The molecule has 0 amide bonds. The first kappa shape index (κ1) is 22.3. The van der Waals surface area contributed by atoms with Crippen LogP contribution < -0.4 is 10.6 Å². The maximum absolute atomic E-state index is 13.1. The van der Waals surface area contributed by atoms with Gasteiger partial charge in [0.1, 0.15) is 17.1 Å². The molecule has 2 unspecified atom stereocenters. The summed E-state index contributed by atoms with van der Waals surface area (Å²) in [7, 11) is 0. The number of hydrogen-bond acceptors (Lipinski definition) is 7. The van der Waals surface area contributed by atoms with Crippen LogP contribution in [0.1, 0.15) is 30.7 Å². The first-order valence-electron chi connectivity index (χ1n) is 10.5. The molecule has 2 saturated carbocycles. The van der Waals surface area contributed by atoms with Crippen LogP contribution in [0.25, 0.3) is 11.5 Å². The van der Waals surface area contributed by atoms with Crippen LogP contribution >= 0.6 is 0 Å². The largest absolute Gasteiger partial charge is 0.433 e. The first-order chi connectivity index (χ1) is 16.1. The van der Waals surface area contributed by atoms with Crippen molar-refractivity contribution in [1.82, 2.24) is 24.9 Å². The number of pyridine rings is 2. The average Bonchev–Trinajstić information content (AvgIpc) is 3.18. The molecule has 0 aromatic carbocycles.